The summed E-state index contributed by atoms with van der Waals surface area (Å²) >= 11 is 0. The summed E-state index contributed by atoms with van der Waals surface area (Å²) in [6.45, 7) is 7.55. The number of likely N-dealkylation sites (tertiary alicyclic amines) is 1. The first-order valence-corrected chi connectivity index (χ1v) is 6.76. The van der Waals surface area contributed by atoms with E-state index in [1.807, 2.05) is 20.8 Å². The van der Waals surface area contributed by atoms with E-state index < -0.39 is 11.7 Å². The number of rotatable bonds is 0. The summed E-state index contributed by atoms with van der Waals surface area (Å²) in [6, 6.07) is 0.204. The molecule has 0 aromatic heterocycles. The van der Waals surface area contributed by atoms with Crippen LogP contribution in [0.1, 0.15) is 33.6 Å². The van der Waals surface area contributed by atoms with Crippen LogP contribution >= 0.6 is 0 Å². The Morgan fingerprint density at radius 3 is 2.78 bits per heavy atom. The average molecular weight is 256 g/mol. The van der Waals surface area contributed by atoms with Crippen molar-refractivity contribution in [2.45, 2.75) is 51.4 Å². The van der Waals surface area contributed by atoms with Crippen LogP contribution in [0.2, 0.25) is 0 Å². The van der Waals surface area contributed by atoms with E-state index in [9.17, 15) is 9.90 Å². The number of carbonyl (C=O) groups excluding carboxylic acids is 1. The Balaban J connectivity index is 1.97. The number of nitrogens with one attached hydrogen (secondary N) is 1. The second-order valence-corrected chi connectivity index (χ2v) is 6.32. The molecule has 2 N–H and O–H groups in total. The van der Waals surface area contributed by atoms with Gasteiger partial charge in [-0.15, -0.1) is 0 Å². The lowest BCUT2D eigenvalue weighted by atomic mass is 9.83. The van der Waals surface area contributed by atoms with E-state index in [4.69, 9.17) is 4.74 Å². The Morgan fingerprint density at radius 2 is 2.11 bits per heavy atom. The van der Waals surface area contributed by atoms with E-state index in [2.05, 4.69) is 5.32 Å². The predicted molar refractivity (Wildman–Crippen MR) is 68.3 cm³/mol. The van der Waals surface area contributed by atoms with E-state index in [1.54, 1.807) is 4.90 Å². The highest BCUT2D eigenvalue weighted by atomic mass is 16.6. The van der Waals surface area contributed by atoms with Crippen molar-refractivity contribution in [3.8, 4) is 0 Å². The highest BCUT2D eigenvalue weighted by Crippen LogP contribution is 2.26. The third kappa shape index (κ3) is 3.14. The number of ether oxygens (including phenoxy) is 1. The summed E-state index contributed by atoms with van der Waals surface area (Å²) < 4.78 is 5.35. The summed E-state index contributed by atoms with van der Waals surface area (Å²) in [7, 11) is 0. The van der Waals surface area contributed by atoms with Crippen molar-refractivity contribution in [3.63, 3.8) is 0 Å². The summed E-state index contributed by atoms with van der Waals surface area (Å²) in [5.74, 6) is 0.275. The third-order valence-electron chi connectivity index (χ3n) is 3.61. The number of aliphatic hydroxyl groups excluding tert-OH is 1. The van der Waals surface area contributed by atoms with Gasteiger partial charge in [0.25, 0.3) is 0 Å². The molecule has 2 aliphatic heterocycles. The molecular formula is C13H24N2O3. The fraction of sp³-hybridized carbons (Fsp3) is 0.923. The van der Waals surface area contributed by atoms with Gasteiger partial charge in [0.1, 0.15) is 5.60 Å². The minimum atomic E-state index is -0.487. The smallest absolute Gasteiger partial charge is 0.410 e. The van der Waals surface area contributed by atoms with Crippen molar-refractivity contribution in [2.24, 2.45) is 5.92 Å². The molecule has 0 radical (unpaired) electrons. The molecular weight excluding hydrogens is 232 g/mol. The fourth-order valence-electron chi connectivity index (χ4n) is 2.79. The molecule has 0 aromatic carbocycles. The van der Waals surface area contributed by atoms with Crippen LogP contribution < -0.4 is 5.32 Å². The van der Waals surface area contributed by atoms with E-state index in [-0.39, 0.29) is 18.1 Å². The molecule has 0 spiro atoms. The maximum absolute atomic E-state index is 12.0. The molecule has 2 aliphatic rings. The van der Waals surface area contributed by atoms with Crippen LogP contribution in [0, 0.1) is 5.92 Å². The van der Waals surface area contributed by atoms with E-state index in [1.165, 1.54) is 0 Å². The number of hydrogen-bond acceptors (Lipinski definition) is 4. The zero-order valence-electron chi connectivity index (χ0n) is 11.5. The zero-order valence-corrected chi connectivity index (χ0v) is 11.5. The van der Waals surface area contributed by atoms with Gasteiger partial charge in [0.15, 0.2) is 0 Å². The Hall–Kier alpha value is -0.810. The largest absolute Gasteiger partial charge is 0.444 e. The number of nitrogens with zero attached hydrogens (tertiary/aromatic N) is 1. The Labute approximate surface area is 108 Å². The monoisotopic (exact) mass is 256 g/mol. The number of aliphatic hydroxyl groups is 1. The highest BCUT2D eigenvalue weighted by Gasteiger charge is 2.39. The van der Waals surface area contributed by atoms with Crippen LogP contribution in [-0.2, 0) is 4.74 Å². The molecule has 1 amide bonds. The van der Waals surface area contributed by atoms with Gasteiger partial charge in [-0.05, 0) is 40.2 Å². The lowest BCUT2D eigenvalue weighted by Gasteiger charge is -2.44. The van der Waals surface area contributed by atoms with Gasteiger partial charge < -0.3 is 20.1 Å². The van der Waals surface area contributed by atoms with Crippen molar-refractivity contribution in [1.82, 2.24) is 10.2 Å². The quantitative estimate of drug-likeness (QED) is 0.678. The number of β-amino-alcohol motifs (C(OH)–C–C–N with tert-alkyl or cyclic N) is 1. The molecule has 18 heavy (non-hydrogen) atoms. The molecule has 2 heterocycles. The maximum atomic E-state index is 12.0. The molecule has 0 aliphatic carbocycles. The number of piperidine rings is 2. The van der Waals surface area contributed by atoms with Crippen molar-refractivity contribution >= 4 is 6.09 Å². The van der Waals surface area contributed by atoms with Gasteiger partial charge in [0, 0.05) is 18.5 Å². The molecule has 0 saturated carbocycles. The number of fused-ring (bicyclic) bond motifs is 1. The SMILES string of the molecule is CC(C)(C)OC(=O)N1CC(O)C2CCCNC2C1. The molecule has 3 unspecified atom stereocenters. The molecule has 0 aromatic rings. The van der Waals surface area contributed by atoms with Gasteiger partial charge in [-0.25, -0.2) is 4.79 Å². The van der Waals surface area contributed by atoms with Crippen molar-refractivity contribution in [2.75, 3.05) is 19.6 Å². The molecule has 104 valence electrons. The third-order valence-corrected chi connectivity index (χ3v) is 3.61. The number of amides is 1. The van der Waals surface area contributed by atoms with Crippen molar-refractivity contribution in [1.29, 1.82) is 0 Å². The predicted octanol–water partition coefficient (Wildman–Crippen LogP) is 0.966. The lowest BCUT2D eigenvalue weighted by Crippen LogP contribution is -2.60. The van der Waals surface area contributed by atoms with Gasteiger partial charge in [-0.1, -0.05) is 0 Å². The summed E-state index contributed by atoms with van der Waals surface area (Å²) in [5, 5.41) is 13.5. The molecule has 0 bridgehead atoms. The Morgan fingerprint density at radius 1 is 1.39 bits per heavy atom. The summed E-state index contributed by atoms with van der Waals surface area (Å²) in [6.07, 6.45) is 1.38. The summed E-state index contributed by atoms with van der Waals surface area (Å²) in [5.41, 5.74) is -0.487. The van der Waals surface area contributed by atoms with E-state index in [0.29, 0.717) is 13.1 Å². The second kappa shape index (κ2) is 5.05. The molecule has 5 heteroatoms. The maximum Gasteiger partial charge on any atom is 0.410 e. The van der Waals surface area contributed by atoms with Gasteiger partial charge in [-0.2, -0.15) is 0 Å². The minimum absolute atomic E-state index is 0.204. The summed E-state index contributed by atoms with van der Waals surface area (Å²) in [4.78, 5) is 13.6. The molecule has 2 fully saturated rings. The molecule has 2 saturated heterocycles. The van der Waals surface area contributed by atoms with Crippen LogP contribution in [0.5, 0.6) is 0 Å². The molecule has 3 atom stereocenters. The lowest BCUT2D eigenvalue weighted by molar-refractivity contribution is -0.0315. The Kier molecular flexibility index (Phi) is 3.82. The van der Waals surface area contributed by atoms with Gasteiger partial charge in [0.05, 0.1) is 12.6 Å². The van der Waals surface area contributed by atoms with E-state index >= 15 is 0 Å². The fourth-order valence-corrected chi connectivity index (χ4v) is 2.79. The topological polar surface area (TPSA) is 61.8 Å². The average Bonchev–Trinajstić information content (AvgIpc) is 2.26. The zero-order chi connectivity index (χ0) is 13.3. The van der Waals surface area contributed by atoms with Crippen molar-refractivity contribution in [3.05, 3.63) is 0 Å². The van der Waals surface area contributed by atoms with Crippen LogP contribution in [0.4, 0.5) is 4.79 Å². The van der Waals surface area contributed by atoms with Gasteiger partial charge in [-0.3, -0.25) is 0 Å². The van der Waals surface area contributed by atoms with Crippen molar-refractivity contribution < 1.29 is 14.6 Å². The van der Waals surface area contributed by atoms with Crippen LogP contribution in [0.25, 0.3) is 0 Å². The highest BCUT2D eigenvalue weighted by molar-refractivity contribution is 5.68. The van der Waals surface area contributed by atoms with Crippen LogP contribution in [0.3, 0.4) is 0 Å². The first-order chi connectivity index (χ1) is 8.37. The first kappa shape index (κ1) is 13.6. The Bertz CT molecular complexity index is 314. The number of hydrogen-bond donors (Lipinski definition) is 2. The normalized spacial score (nSPS) is 32.9. The first-order valence-electron chi connectivity index (χ1n) is 6.76. The minimum Gasteiger partial charge on any atom is -0.444 e. The van der Waals surface area contributed by atoms with Gasteiger partial charge in [0.2, 0.25) is 0 Å². The van der Waals surface area contributed by atoms with E-state index in [0.717, 1.165) is 19.4 Å². The molecule has 2 rings (SSSR count). The molecule has 5 nitrogen and oxygen atoms in total. The standard InChI is InChI=1S/C13H24N2O3/c1-13(2,3)18-12(17)15-7-10-9(11(16)8-15)5-4-6-14-10/h9-11,14,16H,4-8H2,1-3H3. The number of carbonyl (C=O) groups is 1. The van der Waals surface area contributed by atoms with Crippen LogP contribution in [0.15, 0.2) is 0 Å². The van der Waals surface area contributed by atoms with Crippen LogP contribution in [-0.4, -0.2) is 53.5 Å². The second-order valence-electron chi connectivity index (χ2n) is 6.32. The van der Waals surface area contributed by atoms with Gasteiger partial charge >= 0.3 is 6.09 Å².